The van der Waals surface area contributed by atoms with Gasteiger partial charge < -0.3 is 25.4 Å². The molecule has 3 N–H and O–H groups in total. The number of thiol groups is 1. The Morgan fingerprint density at radius 1 is 1.08 bits per heavy atom. The first-order valence-electron chi connectivity index (χ1n) is 12.3. The van der Waals surface area contributed by atoms with Gasteiger partial charge in [-0.2, -0.15) is 17.9 Å². The van der Waals surface area contributed by atoms with E-state index < -0.39 is 42.1 Å². The highest BCUT2D eigenvalue weighted by Crippen LogP contribution is 2.29. The van der Waals surface area contributed by atoms with Gasteiger partial charge in [0.1, 0.15) is 30.0 Å². The van der Waals surface area contributed by atoms with E-state index in [0.717, 1.165) is 15.7 Å². The largest absolute Gasteiger partial charge is 0.508 e. The van der Waals surface area contributed by atoms with Crippen molar-refractivity contribution in [1.29, 1.82) is 5.26 Å². The maximum absolute atomic E-state index is 13.8. The standard InChI is InChI=1S/C29H32N4O5S/c1-18-15-21(10-12-24(18)34)25(26(35)31-22-11-9-19-7-5-6-8-20(19)16-22)33(14-13-30)27(36)23(17-39)32-28(37)38-29(2,3)4/h5-12,15-16,23,25,34,39H,14,17H2,1-4H3,(H,31,35)(H,32,37). The molecule has 39 heavy (non-hydrogen) atoms. The first kappa shape index (κ1) is 29.3. The smallest absolute Gasteiger partial charge is 0.408 e. The van der Waals surface area contributed by atoms with Gasteiger partial charge in [-0.3, -0.25) is 9.59 Å². The van der Waals surface area contributed by atoms with Crippen molar-refractivity contribution in [2.75, 3.05) is 17.6 Å². The number of carbonyl (C=O) groups excluding carboxylic acids is 3. The summed E-state index contributed by atoms with van der Waals surface area (Å²) in [5.74, 6) is -1.35. The number of amides is 3. The number of alkyl carbamates (subject to hydrolysis) is 1. The Balaban J connectivity index is 2.00. The predicted octanol–water partition coefficient (Wildman–Crippen LogP) is 4.71. The van der Waals surface area contributed by atoms with Gasteiger partial charge in [0.25, 0.3) is 5.91 Å². The number of rotatable bonds is 8. The summed E-state index contributed by atoms with van der Waals surface area (Å²) in [6, 6.07) is 17.1. The molecule has 3 amide bonds. The second kappa shape index (κ2) is 12.5. The number of aryl methyl sites for hydroxylation is 1. The quantitative estimate of drug-likeness (QED) is 0.238. The van der Waals surface area contributed by atoms with Gasteiger partial charge in [0.15, 0.2) is 0 Å². The van der Waals surface area contributed by atoms with E-state index in [1.165, 1.54) is 12.1 Å². The van der Waals surface area contributed by atoms with Gasteiger partial charge in [0, 0.05) is 11.4 Å². The molecule has 3 aromatic carbocycles. The molecule has 0 heterocycles. The van der Waals surface area contributed by atoms with Crippen LogP contribution >= 0.6 is 12.6 Å². The molecule has 0 saturated carbocycles. The third-order valence-corrected chi connectivity index (χ3v) is 6.17. The molecule has 0 fully saturated rings. The van der Waals surface area contributed by atoms with E-state index in [0.29, 0.717) is 16.8 Å². The number of ether oxygens (including phenoxy) is 1. The highest BCUT2D eigenvalue weighted by Gasteiger charge is 2.36. The summed E-state index contributed by atoms with van der Waals surface area (Å²) >= 11 is 4.22. The summed E-state index contributed by atoms with van der Waals surface area (Å²) in [5, 5.41) is 26.9. The highest BCUT2D eigenvalue weighted by atomic mass is 32.1. The molecule has 0 radical (unpaired) electrons. The minimum atomic E-state index is -1.26. The number of hydrogen-bond acceptors (Lipinski definition) is 7. The van der Waals surface area contributed by atoms with Crippen LogP contribution in [-0.4, -0.2) is 51.9 Å². The summed E-state index contributed by atoms with van der Waals surface area (Å²) in [7, 11) is 0. The third-order valence-electron chi connectivity index (χ3n) is 5.81. The van der Waals surface area contributed by atoms with E-state index in [4.69, 9.17) is 4.74 Å². The molecule has 0 bridgehead atoms. The molecular formula is C29H32N4O5S. The molecule has 0 aliphatic rings. The van der Waals surface area contributed by atoms with Crippen LogP contribution in [-0.2, 0) is 14.3 Å². The number of nitriles is 1. The average molecular weight is 549 g/mol. The first-order chi connectivity index (χ1) is 18.4. The van der Waals surface area contributed by atoms with Gasteiger partial charge >= 0.3 is 6.09 Å². The van der Waals surface area contributed by atoms with Gasteiger partial charge in [-0.25, -0.2) is 4.79 Å². The van der Waals surface area contributed by atoms with Crippen LogP contribution in [0.2, 0.25) is 0 Å². The van der Waals surface area contributed by atoms with Crippen LogP contribution in [0.5, 0.6) is 5.75 Å². The molecule has 0 aliphatic carbocycles. The van der Waals surface area contributed by atoms with E-state index in [-0.39, 0.29) is 11.5 Å². The number of hydrogen-bond donors (Lipinski definition) is 4. The second-order valence-electron chi connectivity index (χ2n) is 10.0. The molecular weight excluding hydrogens is 516 g/mol. The zero-order chi connectivity index (χ0) is 28.7. The van der Waals surface area contributed by atoms with Crippen molar-refractivity contribution >= 4 is 47.0 Å². The summed E-state index contributed by atoms with van der Waals surface area (Å²) in [6.45, 7) is 6.27. The van der Waals surface area contributed by atoms with Crippen molar-refractivity contribution in [3.8, 4) is 11.8 Å². The van der Waals surface area contributed by atoms with E-state index in [1.54, 1.807) is 39.8 Å². The van der Waals surface area contributed by atoms with Gasteiger partial charge in [-0.15, -0.1) is 0 Å². The van der Waals surface area contributed by atoms with Crippen molar-refractivity contribution in [3.63, 3.8) is 0 Å². The summed E-state index contributed by atoms with van der Waals surface area (Å²) in [4.78, 5) is 41.0. The maximum atomic E-state index is 13.8. The number of anilines is 1. The molecule has 2 atom stereocenters. The minimum Gasteiger partial charge on any atom is -0.508 e. The Morgan fingerprint density at radius 2 is 1.77 bits per heavy atom. The molecule has 0 spiro atoms. The third kappa shape index (κ3) is 7.65. The highest BCUT2D eigenvalue weighted by molar-refractivity contribution is 7.80. The van der Waals surface area contributed by atoms with Crippen LogP contribution < -0.4 is 10.6 Å². The Bertz CT molecular complexity index is 1410. The molecule has 204 valence electrons. The van der Waals surface area contributed by atoms with E-state index in [2.05, 4.69) is 23.3 Å². The molecule has 0 aliphatic heterocycles. The lowest BCUT2D eigenvalue weighted by Crippen LogP contribution is -2.53. The van der Waals surface area contributed by atoms with Crippen LogP contribution in [0, 0.1) is 18.3 Å². The molecule has 3 aromatic rings. The number of phenols is 1. The fourth-order valence-corrected chi connectivity index (χ4v) is 4.25. The minimum absolute atomic E-state index is 0.0189. The van der Waals surface area contributed by atoms with E-state index in [9.17, 15) is 24.8 Å². The SMILES string of the molecule is Cc1cc(C(C(=O)Nc2ccc3ccccc3c2)N(CC#N)C(=O)C(CS)NC(=O)OC(C)(C)C)ccc1O. The Kier molecular flexibility index (Phi) is 9.43. The average Bonchev–Trinajstić information content (AvgIpc) is 2.87. The lowest BCUT2D eigenvalue weighted by atomic mass is 10.00. The van der Waals surface area contributed by atoms with Crippen molar-refractivity contribution in [2.45, 2.75) is 45.4 Å². The van der Waals surface area contributed by atoms with Crippen LogP contribution in [0.15, 0.2) is 60.7 Å². The monoisotopic (exact) mass is 548 g/mol. The number of fused-ring (bicyclic) bond motifs is 1. The van der Waals surface area contributed by atoms with Gasteiger partial charge in [-0.1, -0.05) is 36.4 Å². The molecule has 10 heteroatoms. The number of nitrogens with zero attached hydrogens (tertiary/aromatic N) is 2. The lowest BCUT2D eigenvalue weighted by molar-refractivity contribution is -0.139. The predicted molar refractivity (Wildman–Crippen MR) is 152 cm³/mol. The van der Waals surface area contributed by atoms with Crippen LogP contribution in [0.3, 0.4) is 0 Å². The number of carbonyl (C=O) groups is 3. The van der Waals surface area contributed by atoms with Gasteiger partial charge in [0.2, 0.25) is 5.91 Å². The fourth-order valence-electron chi connectivity index (χ4n) is 4.01. The van der Waals surface area contributed by atoms with Crippen molar-refractivity contribution in [1.82, 2.24) is 10.2 Å². The maximum Gasteiger partial charge on any atom is 0.408 e. The first-order valence-corrected chi connectivity index (χ1v) is 12.9. The zero-order valence-corrected chi connectivity index (χ0v) is 23.2. The summed E-state index contributed by atoms with van der Waals surface area (Å²) in [6.07, 6.45) is -0.829. The number of benzene rings is 3. The van der Waals surface area contributed by atoms with Crippen LogP contribution in [0.25, 0.3) is 10.8 Å². The second-order valence-corrected chi connectivity index (χ2v) is 10.4. The van der Waals surface area contributed by atoms with Gasteiger partial charge in [0.05, 0.1) is 6.07 Å². The molecule has 0 saturated heterocycles. The van der Waals surface area contributed by atoms with Crippen LogP contribution in [0.1, 0.15) is 37.9 Å². The molecule has 3 rings (SSSR count). The Morgan fingerprint density at radius 3 is 2.38 bits per heavy atom. The van der Waals surface area contributed by atoms with E-state index in [1.807, 2.05) is 42.5 Å². The topological polar surface area (TPSA) is 132 Å². The van der Waals surface area contributed by atoms with Crippen molar-refractivity contribution in [2.24, 2.45) is 0 Å². The normalized spacial score (nSPS) is 12.6. The van der Waals surface area contributed by atoms with Crippen molar-refractivity contribution in [3.05, 3.63) is 71.8 Å². The van der Waals surface area contributed by atoms with Gasteiger partial charge in [-0.05, 0) is 73.9 Å². The lowest BCUT2D eigenvalue weighted by Gasteiger charge is -2.32. The number of nitrogens with one attached hydrogen (secondary N) is 2. The van der Waals surface area contributed by atoms with E-state index >= 15 is 0 Å². The van der Waals surface area contributed by atoms with Crippen molar-refractivity contribution < 1.29 is 24.2 Å². The number of aromatic hydroxyl groups is 1. The van der Waals surface area contributed by atoms with Crippen LogP contribution in [0.4, 0.5) is 10.5 Å². The fraction of sp³-hybridized carbons (Fsp3) is 0.310. The Labute approximate surface area is 233 Å². The molecule has 9 nitrogen and oxygen atoms in total. The molecule has 2 unspecified atom stereocenters. The number of phenolic OH excluding ortho intramolecular Hbond substituents is 1. The summed E-state index contributed by atoms with van der Waals surface area (Å²) in [5.41, 5.74) is 0.563. The Hall–Kier alpha value is -4.23. The zero-order valence-electron chi connectivity index (χ0n) is 22.3. The summed E-state index contributed by atoms with van der Waals surface area (Å²) < 4.78 is 5.27. The molecule has 0 aromatic heterocycles.